The second-order valence-corrected chi connectivity index (χ2v) is 11.7. The van der Waals surface area contributed by atoms with Gasteiger partial charge in [-0.1, -0.05) is 92.7 Å². The Morgan fingerprint density at radius 2 is 1.69 bits per heavy atom. The second-order valence-electron chi connectivity index (χ2n) is 10.8. The van der Waals surface area contributed by atoms with E-state index in [1.165, 1.54) is 29.5 Å². The highest BCUT2D eigenvalue weighted by Gasteiger charge is 2.27. The third kappa shape index (κ3) is 7.77. The maximum atomic E-state index is 13.1. The summed E-state index contributed by atoms with van der Waals surface area (Å²) in [4.78, 5) is 24.0. The molecule has 0 aliphatic carbocycles. The molecule has 3 aromatic carbocycles. The van der Waals surface area contributed by atoms with Crippen LogP contribution in [0, 0.1) is 22.5 Å². The minimum atomic E-state index is -0.460. The SMILES string of the molecule is Cc1cccc(CSc2nnc(C(Cc3ccccc3)NC(=O)CC(C)(C)C)n2-c2ccc([N+](=O)[O-])cc2)c1. The molecular weight excluding hydrogens is 510 g/mol. The lowest BCUT2D eigenvalue weighted by Crippen LogP contribution is -2.34. The molecule has 0 fully saturated rings. The number of rotatable bonds is 10. The number of nitro benzene ring substituents is 1. The normalized spacial score (nSPS) is 12.2. The molecule has 8 nitrogen and oxygen atoms in total. The zero-order valence-corrected chi connectivity index (χ0v) is 23.4. The molecule has 1 heterocycles. The zero-order valence-electron chi connectivity index (χ0n) is 22.6. The van der Waals surface area contributed by atoms with Gasteiger partial charge in [0, 0.05) is 30.0 Å². The van der Waals surface area contributed by atoms with Gasteiger partial charge in [0.25, 0.3) is 5.69 Å². The first-order valence-corrected chi connectivity index (χ1v) is 13.8. The fourth-order valence-corrected chi connectivity index (χ4v) is 5.20. The summed E-state index contributed by atoms with van der Waals surface area (Å²) in [5.74, 6) is 1.17. The number of hydrogen-bond acceptors (Lipinski definition) is 6. The van der Waals surface area contributed by atoms with Crippen LogP contribution in [-0.2, 0) is 17.0 Å². The number of carbonyl (C=O) groups excluding carboxylic acids is 1. The number of carbonyl (C=O) groups is 1. The van der Waals surface area contributed by atoms with E-state index >= 15 is 0 Å². The van der Waals surface area contributed by atoms with Gasteiger partial charge in [-0.25, -0.2) is 0 Å². The molecule has 4 rings (SSSR count). The lowest BCUT2D eigenvalue weighted by Gasteiger charge is -2.23. The predicted octanol–water partition coefficient (Wildman–Crippen LogP) is 6.61. The third-order valence-corrected chi connectivity index (χ3v) is 7.05. The van der Waals surface area contributed by atoms with Crippen LogP contribution in [0.3, 0.4) is 0 Å². The Hall–Kier alpha value is -3.98. The van der Waals surface area contributed by atoms with Gasteiger partial charge in [0.05, 0.1) is 11.0 Å². The van der Waals surface area contributed by atoms with Gasteiger partial charge < -0.3 is 5.32 Å². The van der Waals surface area contributed by atoms with Crippen LogP contribution in [0.15, 0.2) is 84.0 Å². The summed E-state index contributed by atoms with van der Waals surface area (Å²) in [5, 5.41) is 24.2. The lowest BCUT2D eigenvalue weighted by atomic mass is 9.91. The molecule has 0 saturated heterocycles. The van der Waals surface area contributed by atoms with Crippen molar-refractivity contribution in [3.05, 3.63) is 111 Å². The molecule has 0 radical (unpaired) electrons. The van der Waals surface area contributed by atoms with Crippen molar-refractivity contribution in [1.29, 1.82) is 0 Å². The second kappa shape index (κ2) is 12.3. The Bertz CT molecular complexity index is 1430. The molecular formula is C30H33N5O3S. The first-order chi connectivity index (χ1) is 18.6. The van der Waals surface area contributed by atoms with E-state index in [9.17, 15) is 14.9 Å². The van der Waals surface area contributed by atoms with E-state index in [4.69, 9.17) is 0 Å². The van der Waals surface area contributed by atoms with Gasteiger partial charge in [-0.15, -0.1) is 10.2 Å². The van der Waals surface area contributed by atoms with Crippen LogP contribution in [0.4, 0.5) is 5.69 Å². The molecule has 4 aromatic rings. The van der Waals surface area contributed by atoms with Gasteiger partial charge in [-0.05, 0) is 42.0 Å². The van der Waals surface area contributed by atoms with E-state index in [0.29, 0.717) is 35.3 Å². The standard InChI is InChI=1S/C30H33N5O3S/c1-21-9-8-12-23(17-21)20-39-29-33-32-28(34(29)24-13-15-25(16-14-24)35(37)38)26(18-22-10-6-5-7-11-22)31-27(36)19-30(2,3)4/h5-17,26H,18-20H2,1-4H3,(H,31,36). The van der Waals surface area contributed by atoms with Crippen LogP contribution in [0.5, 0.6) is 0 Å². The van der Waals surface area contributed by atoms with Gasteiger partial charge in [-0.3, -0.25) is 19.5 Å². The molecule has 1 aromatic heterocycles. The molecule has 1 N–H and O–H groups in total. The smallest absolute Gasteiger partial charge is 0.269 e. The van der Waals surface area contributed by atoms with Crippen molar-refractivity contribution in [2.45, 2.75) is 57.5 Å². The molecule has 0 spiro atoms. The number of nitrogens with zero attached hydrogens (tertiary/aromatic N) is 4. The van der Waals surface area contributed by atoms with Crippen molar-refractivity contribution in [3.8, 4) is 5.69 Å². The van der Waals surface area contributed by atoms with E-state index in [2.05, 4.69) is 40.6 Å². The van der Waals surface area contributed by atoms with E-state index in [0.717, 1.165) is 11.1 Å². The number of non-ortho nitro benzene ring substituents is 1. The summed E-state index contributed by atoms with van der Waals surface area (Å²) in [6, 6.07) is 24.1. The van der Waals surface area contributed by atoms with Gasteiger partial charge in [0.2, 0.25) is 5.91 Å². The highest BCUT2D eigenvalue weighted by molar-refractivity contribution is 7.98. The number of hydrogen-bond donors (Lipinski definition) is 1. The molecule has 202 valence electrons. The summed E-state index contributed by atoms with van der Waals surface area (Å²) in [7, 11) is 0. The van der Waals surface area contributed by atoms with E-state index in [-0.39, 0.29) is 17.0 Å². The van der Waals surface area contributed by atoms with Crippen LogP contribution < -0.4 is 5.32 Å². The molecule has 39 heavy (non-hydrogen) atoms. The summed E-state index contributed by atoms with van der Waals surface area (Å²) in [5.41, 5.74) is 3.89. The summed E-state index contributed by atoms with van der Waals surface area (Å²) in [6.45, 7) is 8.13. The zero-order chi connectivity index (χ0) is 28.0. The van der Waals surface area contributed by atoms with Gasteiger partial charge in [0.1, 0.15) is 0 Å². The van der Waals surface area contributed by atoms with Gasteiger partial charge in [-0.2, -0.15) is 0 Å². The van der Waals surface area contributed by atoms with Crippen molar-refractivity contribution in [2.75, 3.05) is 0 Å². The van der Waals surface area contributed by atoms with Gasteiger partial charge >= 0.3 is 0 Å². The number of amides is 1. The van der Waals surface area contributed by atoms with Crippen LogP contribution in [0.2, 0.25) is 0 Å². The highest BCUT2D eigenvalue weighted by atomic mass is 32.2. The van der Waals surface area contributed by atoms with E-state index in [1.54, 1.807) is 12.1 Å². The molecule has 0 aliphatic heterocycles. The third-order valence-electron chi connectivity index (χ3n) is 6.05. The maximum absolute atomic E-state index is 13.1. The monoisotopic (exact) mass is 543 g/mol. The fourth-order valence-electron chi connectivity index (χ4n) is 4.30. The number of aromatic nitrogens is 3. The topological polar surface area (TPSA) is 103 Å². The summed E-state index contributed by atoms with van der Waals surface area (Å²) >= 11 is 1.53. The molecule has 1 atom stereocenters. The molecule has 0 saturated carbocycles. The number of benzene rings is 3. The minimum absolute atomic E-state index is 0.00153. The van der Waals surface area contributed by atoms with Crippen molar-refractivity contribution >= 4 is 23.4 Å². The fraction of sp³-hybridized carbons (Fsp3) is 0.300. The van der Waals surface area contributed by atoms with Crippen molar-refractivity contribution in [3.63, 3.8) is 0 Å². The highest BCUT2D eigenvalue weighted by Crippen LogP contribution is 2.30. The Balaban J connectivity index is 1.75. The summed E-state index contributed by atoms with van der Waals surface area (Å²) < 4.78 is 1.90. The number of aryl methyl sites for hydroxylation is 1. The maximum Gasteiger partial charge on any atom is 0.269 e. The Labute approximate surface area is 233 Å². The van der Waals surface area contributed by atoms with Crippen molar-refractivity contribution in [1.82, 2.24) is 20.1 Å². The quantitative estimate of drug-likeness (QED) is 0.137. The van der Waals surface area contributed by atoms with Crippen LogP contribution >= 0.6 is 11.8 Å². The predicted molar refractivity (Wildman–Crippen MR) is 154 cm³/mol. The average molecular weight is 544 g/mol. The van der Waals surface area contributed by atoms with Crippen LogP contribution in [0.25, 0.3) is 5.69 Å². The molecule has 9 heteroatoms. The van der Waals surface area contributed by atoms with Crippen molar-refractivity contribution in [2.24, 2.45) is 5.41 Å². The minimum Gasteiger partial charge on any atom is -0.346 e. The Kier molecular flexibility index (Phi) is 8.81. The number of thioether (sulfide) groups is 1. The molecule has 1 amide bonds. The largest absolute Gasteiger partial charge is 0.346 e. The summed E-state index contributed by atoms with van der Waals surface area (Å²) in [6.07, 6.45) is 0.878. The molecule has 1 unspecified atom stereocenters. The lowest BCUT2D eigenvalue weighted by molar-refractivity contribution is -0.384. The first-order valence-electron chi connectivity index (χ1n) is 12.8. The Morgan fingerprint density at radius 3 is 2.33 bits per heavy atom. The van der Waals surface area contributed by atoms with Gasteiger partial charge in [0.15, 0.2) is 11.0 Å². The van der Waals surface area contributed by atoms with Crippen LogP contribution in [0.1, 0.15) is 55.7 Å². The van der Waals surface area contributed by atoms with Crippen molar-refractivity contribution < 1.29 is 9.72 Å². The average Bonchev–Trinajstić information content (AvgIpc) is 3.30. The van der Waals surface area contributed by atoms with Crippen LogP contribution in [-0.4, -0.2) is 25.6 Å². The van der Waals surface area contributed by atoms with E-state index < -0.39 is 11.0 Å². The molecule has 0 bridgehead atoms. The molecule has 0 aliphatic rings. The van der Waals surface area contributed by atoms with E-state index in [1.807, 2.05) is 61.7 Å². The first kappa shape index (κ1) is 28.0. The number of nitrogens with one attached hydrogen (secondary N) is 1. The Morgan fingerprint density at radius 1 is 1.00 bits per heavy atom. The number of nitro groups is 1.